The molecule has 2 aromatic carbocycles. The first-order valence-corrected chi connectivity index (χ1v) is 9.22. The third-order valence-electron chi connectivity index (χ3n) is 4.93. The molecular weight excluding hydrogens is 342 g/mol. The Balaban J connectivity index is 1.70. The molecule has 1 fully saturated rings. The van der Waals surface area contributed by atoms with Gasteiger partial charge in [0.25, 0.3) is 5.91 Å². The number of amides is 4. The van der Waals surface area contributed by atoms with Crippen LogP contribution in [0, 0.1) is 5.92 Å². The van der Waals surface area contributed by atoms with Gasteiger partial charge in [-0.15, -0.1) is 0 Å². The van der Waals surface area contributed by atoms with Crippen LogP contribution in [-0.2, 0) is 9.59 Å². The molecule has 0 unspecified atom stereocenters. The second kappa shape index (κ2) is 7.39. The molecule has 0 saturated carbocycles. The Morgan fingerprint density at radius 2 is 1.85 bits per heavy atom. The van der Waals surface area contributed by atoms with Crippen molar-refractivity contribution in [1.29, 1.82) is 0 Å². The van der Waals surface area contributed by atoms with Gasteiger partial charge < -0.3 is 10.6 Å². The smallest absolute Gasteiger partial charge is 0.324 e. The van der Waals surface area contributed by atoms with Crippen molar-refractivity contribution in [2.75, 3.05) is 11.9 Å². The molecule has 1 atom stereocenters. The summed E-state index contributed by atoms with van der Waals surface area (Å²) in [5.41, 5.74) is -0.283. The van der Waals surface area contributed by atoms with E-state index in [2.05, 4.69) is 24.5 Å². The molecule has 2 N–H and O–H groups in total. The van der Waals surface area contributed by atoms with Crippen LogP contribution < -0.4 is 10.6 Å². The highest BCUT2D eigenvalue weighted by Gasteiger charge is 2.47. The molecule has 1 aliphatic heterocycles. The van der Waals surface area contributed by atoms with E-state index in [4.69, 9.17) is 0 Å². The van der Waals surface area contributed by atoms with Crippen LogP contribution in [0.25, 0.3) is 10.8 Å². The van der Waals surface area contributed by atoms with Gasteiger partial charge in [-0.2, -0.15) is 0 Å². The van der Waals surface area contributed by atoms with Gasteiger partial charge in [0.1, 0.15) is 12.1 Å². The lowest BCUT2D eigenvalue weighted by Gasteiger charge is -2.22. The van der Waals surface area contributed by atoms with Gasteiger partial charge in [-0.3, -0.25) is 14.5 Å². The number of carbonyl (C=O) groups is 3. The topological polar surface area (TPSA) is 78.5 Å². The summed E-state index contributed by atoms with van der Waals surface area (Å²) in [7, 11) is 0. The summed E-state index contributed by atoms with van der Waals surface area (Å²) < 4.78 is 0. The molecule has 0 aliphatic carbocycles. The first-order chi connectivity index (χ1) is 12.8. The second-order valence-electron chi connectivity index (χ2n) is 7.66. The first kappa shape index (κ1) is 18.9. The molecular formula is C21H25N3O3. The summed E-state index contributed by atoms with van der Waals surface area (Å²) in [6.45, 7) is 5.56. The first-order valence-electron chi connectivity index (χ1n) is 9.22. The van der Waals surface area contributed by atoms with Gasteiger partial charge >= 0.3 is 6.03 Å². The molecule has 6 nitrogen and oxygen atoms in total. The molecule has 4 amide bonds. The van der Waals surface area contributed by atoms with Crippen LogP contribution in [0.1, 0.15) is 33.6 Å². The Morgan fingerprint density at radius 1 is 1.15 bits per heavy atom. The normalized spacial score (nSPS) is 19.6. The molecule has 1 saturated heterocycles. The van der Waals surface area contributed by atoms with E-state index in [0.717, 1.165) is 22.1 Å². The maximum Gasteiger partial charge on any atom is 0.325 e. The maximum atomic E-state index is 12.7. The van der Waals surface area contributed by atoms with E-state index in [-0.39, 0.29) is 12.5 Å². The number of carbonyl (C=O) groups excluding carboxylic acids is 3. The standard InChI is InChI=1S/C21H25N3O3/c1-14(2)11-12-21(3)19(26)24(20(27)23-21)13-18(25)22-17-10-6-8-15-7-4-5-9-16(15)17/h4-10,14H,11-13H2,1-3H3,(H,22,25)(H,23,27)/t21-/m1/s1. The SMILES string of the molecule is CC(C)CC[C@@]1(C)NC(=O)N(CC(=O)Nc2cccc3ccccc23)C1=O. The fourth-order valence-electron chi connectivity index (χ4n) is 3.31. The van der Waals surface area contributed by atoms with Gasteiger partial charge in [-0.25, -0.2) is 4.79 Å². The Bertz CT molecular complexity index is 888. The number of benzene rings is 2. The van der Waals surface area contributed by atoms with Crippen molar-refractivity contribution in [1.82, 2.24) is 10.2 Å². The lowest BCUT2D eigenvalue weighted by molar-refractivity contribution is -0.133. The van der Waals surface area contributed by atoms with E-state index in [1.54, 1.807) is 13.0 Å². The van der Waals surface area contributed by atoms with E-state index in [9.17, 15) is 14.4 Å². The summed E-state index contributed by atoms with van der Waals surface area (Å²) in [4.78, 5) is 38.5. The summed E-state index contributed by atoms with van der Waals surface area (Å²) in [5, 5.41) is 7.48. The number of hydrogen-bond donors (Lipinski definition) is 2. The van der Waals surface area contributed by atoms with Crippen molar-refractivity contribution in [2.24, 2.45) is 5.92 Å². The average Bonchev–Trinajstić information content (AvgIpc) is 2.84. The molecule has 0 aromatic heterocycles. The van der Waals surface area contributed by atoms with E-state index in [1.165, 1.54) is 0 Å². The average molecular weight is 367 g/mol. The van der Waals surface area contributed by atoms with Crippen LogP contribution in [0.4, 0.5) is 10.5 Å². The van der Waals surface area contributed by atoms with E-state index in [0.29, 0.717) is 18.0 Å². The zero-order valence-corrected chi connectivity index (χ0v) is 15.9. The molecule has 27 heavy (non-hydrogen) atoms. The predicted octanol–water partition coefficient (Wildman–Crippen LogP) is 3.53. The zero-order chi connectivity index (χ0) is 19.6. The molecule has 3 rings (SSSR count). The van der Waals surface area contributed by atoms with Gasteiger partial charge in [0.15, 0.2) is 0 Å². The monoisotopic (exact) mass is 367 g/mol. The number of urea groups is 1. The largest absolute Gasteiger partial charge is 0.325 e. The molecule has 0 radical (unpaired) electrons. The van der Waals surface area contributed by atoms with Crippen molar-refractivity contribution < 1.29 is 14.4 Å². The minimum absolute atomic E-state index is 0.300. The second-order valence-corrected chi connectivity index (χ2v) is 7.66. The third-order valence-corrected chi connectivity index (χ3v) is 4.93. The van der Waals surface area contributed by atoms with E-state index >= 15 is 0 Å². The molecule has 6 heteroatoms. The Kier molecular flexibility index (Phi) is 5.17. The molecule has 0 bridgehead atoms. The lowest BCUT2D eigenvalue weighted by Crippen LogP contribution is -2.44. The van der Waals surface area contributed by atoms with Gasteiger partial charge in [0.2, 0.25) is 5.91 Å². The number of fused-ring (bicyclic) bond motifs is 1. The zero-order valence-electron chi connectivity index (χ0n) is 15.9. The predicted molar refractivity (Wildman–Crippen MR) is 105 cm³/mol. The summed E-state index contributed by atoms with van der Waals surface area (Å²) >= 11 is 0. The van der Waals surface area contributed by atoms with Crippen molar-refractivity contribution >= 4 is 34.3 Å². The van der Waals surface area contributed by atoms with E-state index in [1.807, 2.05) is 36.4 Å². The molecule has 1 aliphatic rings. The molecule has 2 aromatic rings. The van der Waals surface area contributed by atoms with E-state index < -0.39 is 17.5 Å². The summed E-state index contributed by atoms with van der Waals surface area (Å²) in [6, 6.07) is 12.8. The highest BCUT2D eigenvalue weighted by molar-refractivity contribution is 6.11. The third kappa shape index (κ3) is 3.94. The van der Waals surface area contributed by atoms with Crippen LogP contribution in [-0.4, -0.2) is 34.8 Å². The molecule has 0 spiro atoms. The summed E-state index contributed by atoms with van der Waals surface area (Å²) in [5.74, 6) is -0.320. The van der Waals surface area contributed by atoms with Crippen LogP contribution in [0.15, 0.2) is 42.5 Å². The van der Waals surface area contributed by atoms with Crippen molar-refractivity contribution in [2.45, 2.75) is 39.2 Å². The highest BCUT2D eigenvalue weighted by atomic mass is 16.2. The molecule has 1 heterocycles. The Morgan fingerprint density at radius 3 is 2.59 bits per heavy atom. The van der Waals surface area contributed by atoms with Gasteiger partial charge in [-0.1, -0.05) is 50.2 Å². The fraction of sp³-hybridized carbons (Fsp3) is 0.381. The maximum absolute atomic E-state index is 12.7. The Hall–Kier alpha value is -2.89. The summed E-state index contributed by atoms with van der Waals surface area (Å²) in [6.07, 6.45) is 1.37. The van der Waals surface area contributed by atoms with Crippen LogP contribution in [0.5, 0.6) is 0 Å². The minimum atomic E-state index is -0.943. The highest BCUT2D eigenvalue weighted by Crippen LogP contribution is 2.26. The van der Waals surface area contributed by atoms with Gasteiger partial charge in [0.05, 0.1) is 0 Å². The van der Waals surface area contributed by atoms with Crippen LogP contribution in [0.3, 0.4) is 0 Å². The fourth-order valence-corrected chi connectivity index (χ4v) is 3.31. The van der Waals surface area contributed by atoms with Gasteiger partial charge in [0, 0.05) is 11.1 Å². The van der Waals surface area contributed by atoms with Crippen molar-refractivity contribution in [3.63, 3.8) is 0 Å². The van der Waals surface area contributed by atoms with Crippen molar-refractivity contribution in [3.8, 4) is 0 Å². The lowest BCUT2D eigenvalue weighted by atomic mass is 9.92. The number of hydrogen-bond acceptors (Lipinski definition) is 3. The van der Waals surface area contributed by atoms with Crippen LogP contribution in [0.2, 0.25) is 0 Å². The number of nitrogens with zero attached hydrogens (tertiary/aromatic N) is 1. The number of nitrogens with one attached hydrogen (secondary N) is 2. The number of anilines is 1. The van der Waals surface area contributed by atoms with Gasteiger partial charge in [-0.05, 0) is 37.1 Å². The number of imide groups is 1. The quantitative estimate of drug-likeness (QED) is 0.767. The molecule has 142 valence electrons. The van der Waals surface area contributed by atoms with Crippen molar-refractivity contribution in [3.05, 3.63) is 42.5 Å². The van der Waals surface area contributed by atoms with Crippen LogP contribution >= 0.6 is 0 Å². The minimum Gasteiger partial charge on any atom is -0.324 e. The number of rotatable bonds is 6. The Labute approximate surface area is 158 Å².